The molecule has 3 fully saturated rings. The van der Waals surface area contributed by atoms with Gasteiger partial charge in [-0.25, -0.2) is 0 Å². The molecule has 3 saturated heterocycles. The molecule has 3 aliphatic heterocycles. The SMILES string of the molecule is C[C@@H]1[C@@H](Nc2ccc(-c3ccc4c(ccn4-c4ccccc4)c3)nc2)C2CCN1CC2. The molecule has 0 unspecified atom stereocenters. The van der Waals surface area contributed by atoms with E-state index in [4.69, 9.17) is 4.98 Å². The third-order valence-electron chi connectivity index (χ3n) is 7.29. The van der Waals surface area contributed by atoms with Crippen molar-refractivity contribution in [2.75, 3.05) is 18.4 Å². The Kier molecular flexibility index (Phi) is 4.53. The average Bonchev–Trinajstić information content (AvgIpc) is 3.26. The fourth-order valence-corrected chi connectivity index (χ4v) is 5.50. The minimum absolute atomic E-state index is 0.532. The van der Waals surface area contributed by atoms with E-state index in [-0.39, 0.29) is 0 Å². The summed E-state index contributed by atoms with van der Waals surface area (Å²) in [5.74, 6) is 0.788. The molecule has 2 aromatic heterocycles. The number of hydrogen-bond acceptors (Lipinski definition) is 3. The molecule has 0 spiro atoms. The number of hydrogen-bond donors (Lipinski definition) is 1. The number of para-hydroxylation sites is 1. The summed E-state index contributed by atoms with van der Waals surface area (Å²) in [6.45, 7) is 4.88. The first-order valence-corrected chi connectivity index (χ1v) is 11.4. The number of piperidine rings is 3. The fraction of sp³-hybridized carbons (Fsp3) is 0.296. The van der Waals surface area contributed by atoms with Gasteiger partial charge in [-0.1, -0.05) is 24.3 Å². The maximum absolute atomic E-state index is 4.79. The zero-order valence-corrected chi connectivity index (χ0v) is 17.9. The van der Waals surface area contributed by atoms with E-state index < -0.39 is 0 Å². The van der Waals surface area contributed by atoms with Gasteiger partial charge in [0.1, 0.15) is 0 Å². The highest BCUT2D eigenvalue weighted by Gasteiger charge is 2.39. The van der Waals surface area contributed by atoms with Gasteiger partial charge in [0.2, 0.25) is 0 Å². The molecule has 0 aliphatic carbocycles. The molecule has 4 aromatic rings. The Bertz CT molecular complexity index is 1190. The van der Waals surface area contributed by atoms with Gasteiger partial charge in [-0.3, -0.25) is 9.88 Å². The van der Waals surface area contributed by atoms with Crippen molar-refractivity contribution in [3.8, 4) is 16.9 Å². The van der Waals surface area contributed by atoms with Crippen LogP contribution in [-0.4, -0.2) is 39.6 Å². The van der Waals surface area contributed by atoms with Crippen molar-refractivity contribution in [2.24, 2.45) is 5.92 Å². The Hall–Kier alpha value is -3.11. The van der Waals surface area contributed by atoms with Gasteiger partial charge in [0.15, 0.2) is 0 Å². The molecule has 5 heterocycles. The van der Waals surface area contributed by atoms with Crippen molar-refractivity contribution in [3.63, 3.8) is 0 Å². The summed E-state index contributed by atoms with van der Waals surface area (Å²) in [6, 6.07) is 24.7. The van der Waals surface area contributed by atoms with Crippen molar-refractivity contribution in [3.05, 3.63) is 79.1 Å². The van der Waals surface area contributed by atoms with Crippen LogP contribution >= 0.6 is 0 Å². The van der Waals surface area contributed by atoms with Crippen molar-refractivity contribution in [1.82, 2.24) is 14.5 Å². The molecule has 31 heavy (non-hydrogen) atoms. The number of fused-ring (bicyclic) bond motifs is 4. The second-order valence-corrected chi connectivity index (χ2v) is 9.01. The minimum atomic E-state index is 0.532. The Labute approximate surface area is 183 Å². The lowest BCUT2D eigenvalue weighted by Crippen LogP contribution is -2.59. The second kappa shape index (κ2) is 7.54. The summed E-state index contributed by atoms with van der Waals surface area (Å²) in [7, 11) is 0. The van der Waals surface area contributed by atoms with Crippen LogP contribution in [-0.2, 0) is 0 Å². The van der Waals surface area contributed by atoms with Crippen LogP contribution in [0, 0.1) is 5.92 Å². The van der Waals surface area contributed by atoms with Crippen LogP contribution in [0.1, 0.15) is 19.8 Å². The molecule has 0 amide bonds. The minimum Gasteiger partial charge on any atom is -0.379 e. The van der Waals surface area contributed by atoms with E-state index >= 15 is 0 Å². The Morgan fingerprint density at radius 1 is 0.935 bits per heavy atom. The monoisotopic (exact) mass is 408 g/mol. The maximum Gasteiger partial charge on any atom is 0.0703 e. The van der Waals surface area contributed by atoms with Crippen molar-refractivity contribution < 1.29 is 0 Å². The molecule has 156 valence electrons. The van der Waals surface area contributed by atoms with E-state index in [1.165, 1.54) is 42.5 Å². The van der Waals surface area contributed by atoms with Crippen LogP contribution in [0.5, 0.6) is 0 Å². The highest BCUT2D eigenvalue weighted by molar-refractivity contribution is 5.86. The number of nitrogens with zero attached hydrogens (tertiary/aromatic N) is 3. The average molecular weight is 409 g/mol. The van der Waals surface area contributed by atoms with Crippen LogP contribution in [0.2, 0.25) is 0 Å². The molecular weight excluding hydrogens is 380 g/mol. The molecule has 0 radical (unpaired) electrons. The lowest BCUT2D eigenvalue weighted by atomic mass is 9.79. The van der Waals surface area contributed by atoms with E-state index in [0.717, 1.165) is 22.9 Å². The molecule has 4 nitrogen and oxygen atoms in total. The predicted octanol–water partition coefficient (Wildman–Crippen LogP) is 5.59. The van der Waals surface area contributed by atoms with Gasteiger partial charge < -0.3 is 9.88 Å². The maximum atomic E-state index is 4.79. The van der Waals surface area contributed by atoms with Crippen LogP contribution < -0.4 is 5.32 Å². The van der Waals surface area contributed by atoms with Gasteiger partial charge in [0.05, 0.1) is 23.1 Å². The van der Waals surface area contributed by atoms with Crippen LogP contribution in [0.25, 0.3) is 27.8 Å². The van der Waals surface area contributed by atoms with Gasteiger partial charge in [0.25, 0.3) is 0 Å². The zero-order chi connectivity index (χ0) is 20.8. The summed E-state index contributed by atoms with van der Waals surface area (Å²) in [5.41, 5.74) is 5.69. The molecule has 7 rings (SSSR count). The molecular formula is C27H28N4. The summed E-state index contributed by atoms with van der Waals surface area (Å²) >= 11 is 0. The smallest absolute Gasteiger partial charge is 0.0703 e. The predicted molar refractivity (Wildman–Crippen MR) is 128 cm³/mol. The standard InChI is InChI=1S/C27H28N4/c1-19-27(20-11-14-30(19)15-12-20)29-23-8-9-25(28-18-23)21-7-10-26-22(17-21)13-16-31(26)24-5-3-2-4-6-24/h2-10,13,16-20,27,29H,11-12,14-15H2,1H3/t19-,27-/m1/s1. The quantitative estimate of drug-likeness (QED) is 0.478. The normalized spacial score (nSPS) is 25.1. The number of benzene rings is 2. The lowest BCUT2D eigenvalue weighted by Gasteiger charge is -2.50. The molecule has 0 saturated carbocycles. The highest BCUT2D eigenvalue weighted by Crippen LogP contribution is 2.34. The molecule has 2 atom stereocenters. The molecule has 1 N–H and O–H groups in total. The fourth-order valence-electron chi connectivity index (χ4n) is 5.50. The van der Waals surface area contributed by atoms with Crippen LogP contribution in [0.15, 0.2) is 79.1 Å². The van der Waals surface area contributed by atoms with Crippen LogP contribution in [0.3, 0.4) is 0 Å². The zero-order valence-electron chi connectivity index (χ0n) is 17.9. The Balaban J connectivity index is 1.23. The molecule has 2 bridgehead atoms. The Morgan fingerprint density at radius 3 is 2.52 bits per heavy atom. The first-order chi connectivity index (χ1) is 15.3. The first-order valence-electron chi connectivity index (χ1n) is 11.4. The van der Waals surface area contributed by atoms with Crippen molar-refractivity contribution in [2.45, 2.75) is 31.8 Å². The first kappa shape index (κ1) is 18.6. The third-order valence-corrected chi connectivity index (χ3v) is 7.29. The van der Waals surface area contributed by atoms with E-state index in [2.05, 4.69) is 94.6 Å². The third kappa shape index (κ3) is 3.31. The highest BCUT2D eigenvalue weighted by atomic mass is 15.2. The Morgan fingerprint density at radius 2 is 1.77 bits per heavy atom. The summed E-state index contributed by atoms with van der Waals surface area (Å²) in [6.07, 6.45) is 6.77. The van der Waals surface area contributed by atoms with Crippen molar-refractivity contribution in [1.29, 1.82) is 0 Å². The molecule has 3 aliphatic rings. The topological polar surface area (TPSA) is 33.1 Å². The molecule has 2 aromatic carbocycles. The molecule has 4 heteroatoms. The largest absolute Gasteiger partial charge is 0.379 e. The summed E-state index contributed by atoms with van der Waals surface area (Å²) in [5, 5.41) is 5.01. The van der Waals surface area contributed by atoms with Gasteiger partial charge in [0, 0.05) is 34.9 Å². The number of rotatable bonds is 4. The van der Waals surface area contributed by atoms with E-state index in [1.54, 1.807) is 0 Å². The lowest BCUT2D eigenvalue weighted by molar-refractivity contribution is 0.0458. The van der Waals surface area contributed by atoms with Crippen molar-refractivity contribution >= 4 is 16.6 Å². The van der Waals surface area contributed by atoms with E-state index in [1.807, 2.05) is 6.20 Å². The summed E-state index contributed by atoms with van der Waals surface area (Å²) < 4.78 is 2.23. The van der Waals surface area contributed by atoms with Gasteiger partial charge >= 0.3 is 0 Å². The van der Waals surface area contributed by atoms with Gasteiger partial charge in [-0.15, -0.1) is 0 Å². The second-order valence-electron chi connectivity index (χ2n) is 9.01. The van der Waals surface area contributed by atoms with E-state index in [0.29, 0.717) is 12.1 Å². The number of anilines is 1. The number of aromatic nitrogens is 2. The number of pyridine rings is 1. The number of nitrogens with one attached hydrogen (secondary N) is 1. The summed E-state index contributed by atoms with van der Waals surface area (Å²) in [4.78, 5) is 7.41. The van der Waals surface area contributed by atoms with Gasteiger partial charge in [-0.2, -0.15) is 0 Å². The van der Waals surface area contributed by atoms with E-state index in [9.17, 15) is 0 Å². The van der Waals surface area contributed by atoms with Crippen LogP contribution in [0.4, 0.5) is 5.69 Å². The van der Waals surface area contributed by atoms with Gasteiger partial charge in [-0.05, 0) is 81.2 Å².